The van der Waals surface area contributed by atoms with E-state index in [1.807, 2.05) is 6.92 Å². The van der Waals surface area contributed by atoms with Gasteiger partial charge in [0.25, 0.3) is 11.8 Å². The van der Waals surface area contributed by atoms with Gasteiger partial charge in [-0.15, -0.1) is 0 Å². The Morgan fingerprint density at radius 2 is 1.92 bits per heavy atom. The van der Waals surface area contributed by atoms with E-state index in [9.17, 15) is 9.59 Å². The second-order valence-corrected chi connectivity index (χ2v) is 9.82. The lowest BCUT2D eigenvalue weighted by atomic mass is 10.0. The normalized spacial score (nSPS) is 12.4. The van der Waals surface area contributed by atoms with Crippen molar-refractivity contribution in [1.82, 2.24) is 24.8 Å². The molecule has 0 saturated heterocycles. The summed E-state index contributed by atoms with van der Waals surface area (Å²) in [5.41, 5.74) is 3.36. The molecule has 1 aliphatic rings. The quantitative estimate of drug-likeness (QED) is 0.353. The number of carbonyl (C=O) groups is 2. The topological polar surface area (TPSA) is 110 Å². The number of ether oxygens (including phenoxy) is 1. The minimum atomic E-state index is -0.380. The summed E-state index contributed by atoms with van der Waals surface area (Å²) in [4.78, 5) is 45.5. The summed E-state index contributed by atoms with van der Waals surface area (Å²) in [7, 11) is 1.52. The van der Waals surface area contributed by atoms with Crippen molar-refractivity contribution in [2.75, 3.05) is 12.4 Å². The van der Waals surface area contributed by atoms with Crippen molar-refractivity contribution in [2.45, 2.75) is 20.0 Å². The molecule has 36 heavy (non-hydrogen) atoms. The number of hydrogen-bond acceptors (Lipinski definition) is 8. The Bertz CT molecular complexity index is 1490. The number of amides is 2. The molecule has 1 aliphatic heterocycles. The zero-order chi connectivity index (χ0) is 25.4. The highest BCUT2D eigenvalue weighted by Gasteiger charge is 2.29. The highest BCUT2D eigenvalue weighted by molar-refractivity contribution is 7.16. The Labute approximate surface area is 220 Å². The largest absolute Gasteiger partial charge is 0.494 e. The fourth-order valence-electron chi connectivity index (χ4n) is 3.86. The first kappa shape index (κ1) is 24.1. The molecule has 2 amide bonds. The monoisotopic (exact) mass is 540 g/mol. The summed E-state index contributed by atoms with van der Waals surface area (Å²) in [5, 5.41) is 3.91. The van der Waals surface area contributed by atoms with Crippen molar-refractivity contribution in [3.05, 3.63) is 80.6 Å². The zero-order valence-electron chi connectivity index (χ0n) is 19.1. The van der Waals surface area contributed by atoms with Crippen molar-refractivity contribution in [3.8, 4) is 16.9 Å². The van der Waals surface area contributed by atoms with Crippen LogP contribution in [-0.2, 0) is 13.1 Å². The Balaban J connectivity index is 1.37. The summed E-state index contributed by atoms with van der Waals surface area (Å²) in [6, 6.07) is 5.01. The summed E-state index contributed by atoms with van der Waals surface area (Å²) in [6.07, 6.45) is 6.00. The summed E-state index contributed by atoms with van der Waals surface area (Å²) >= 11 is 13.6. The van der Waals surface area contributed by atoms with Crippen molar-refractivity contribution < 1.29 is 14.3 Å². The molecule has 0 saturated carbocycles. The van der Waals surface area contributed by atoms with E-state index in [0.29, 0.717) is 51.2 Å². The van der Waals surface area contributed by atoms with Gasteiger partial charge in [0.1, 0.15) is 10.9 Å². The molecular formula is C24H18Cl2N6O3S. The average Bonchev–Trinajstić information content (AvgIpc) is 3.42. The molecule has 0 unspecified atom stereocenters. The highest BCUT2D eigenvalue weighted by Crippen LogP contribution is 2.36. The first-order valence-corrected chi connectivity index (χ1v) is 12.3. The Morgan fingerprint density at radius 1 is 1.08 bits per heavy atom. The number of thiazole rings is 1. The van der Waals surface area contributed by atoms with E-state index in [1.165, 1.54) is 43.2 Å². The number of aromatic nitrogens is 4. The van der Waals surface area contributed by atoms with Crippen LogP contribution in [0.25, 0.3) is 11.1 Å². The smallest absolute Gasteiger partial charge is 0.259 e. The van der Waals surface area contributed by atoms with Crippen LogP contribution in [-0.4, -0.2) is 43.8 Å². The second-order valence-electron chi connectivity index (χ2n) is 7.94. The van der Waals surface area contributed by atoms with Gasteiger partial charge < -0.3 is 9.64 Å². The van der Waals surface area contributed by atoms with Crippen molar-refractivity contribution in [1.29, 1.82) is 0 Å². The lowest BCUT2D eigenvalue weighted by Crippen LogP contribution is -2.26. The third-order valence-corrected chi connectivity index (χ3v) is 7.12. The van der Waals surface area contributed by atoms with Gasteiger partial charge in [-0.25, -0.2) is 9.97 Å². The van der Waals surface area contributed by atoms with E-state index in [1.54, 1.807) is 23.1 Å². The molecule has 0 bridgehead atoms. The fraction of sp³-hybridized carbons (Fsp3) is 0.167. The number of methoxy groups -OCH3 is 1. The second kappa shape index (κ2) is 9.81. The zero-order valence-corrected chi connectivity index (χ0v) is 21.4. The fourth-order valence-corrected chi connectivity index (χ4v) is 5.19. The lowest BCUT2D eigenvalue weighted by molar-refractivity contribution is 0.0750. The molecule has 0 spiro atoms. The molecule has 182 valence electrons. The number of fused-ring (bicyclic) bond motifs is 1. The van der Waals surface area contributed by atoms with Crippen LogP contribution in [0.5, 0.6) is 5.75 Å². The number of anilines is 1. The average molecular weight is 541 g/mol. The molecule has 0 radical (unpaired) electrons. The predicted octanol–water partition coefficient (Wildman–Crippen LogP) is 5.03. The summed E-state index contributed by atoms with van der Waals surface area (Å²) < 4.78 is 5.43. The molecule has 4 aromatic heterocycles. The Kier molecular flexibility index (Phi) is 6.57. The van der Waals surface area contributed by atoms with Gasteiger partial charge in [-0.1, -0.05) is 34.5 Å². The van der Waals surface area contributed by atoms with E-state index in [0.717, 1.165) is 16.3 Å². The van der Waals surface area contributed by atoms with E-state index >= 15 is 0 Å². The molecule has 0 fully saturated rings. The van der Waals surface area contributed by atoms with E-state index in [2.05, 4.69) is 25.3 Å². The van der Waals surface area contributed by atoms with Gasteiger partial charge in [-0.05, 0) is 25.1 Å². The van der Waals surface area contributed by atoms with Gasteiger partial charge in [0, 0.05) is 35.4 Å². The molecule has 5 heterocycles. The van der Waals surface area contributed by atoms with Gasteiger partial charge in [-0.3, -0.25) is 24.9 Å². The number of nitrogens with zero attached hydrogens (tertiary/aromatic N) is 5. The molecule has 0 atom stereocenters. The maximum atomic E-state index is 13.3. The molecule has 0 aromatic carbocycles. The number of pyridine rings is 3. The van der Waals surface area contributed by atoms with Gasteiger partial charge >= 0.3 is 0 Å². The number of nitrogens with one attached hydrogen (secondary N) is 1. The first-order valence-electron chi connectivity index (χ1n) is 10.7. The predicted molar refractivity (Wildman–Crippen MR) is 137 cm³/mol. The number of hydrogen-bond donors (Lipinski definition) is 1. The van der Waals surface area contributed by atoms with Gasteiger partial charge in [0.05, 0.1) is 53.1 Å². The standard InChI is InChI=1S/C24H18Cl2N6O3S/c1-12-5-13(14-6-21(26)29-9-19(14)35-2)15(8-28-12)22(33)31-24-30-18-10-32(11-20(18)36-24)23(34)16-7-27-4-3-17(16)25/h3-9H,10-11H2,1-2H3,(H,30,31,33). The maximum absolute atomic E-state index is 13.3. The maximum Gasteiger partial charge on any atom is 0.259 e. The van der Waals surface area contributed by atoms with Crippen LogP contribution in [0.1, 0.15) is 37.0 Å². The summed E-state index contributed by atoms with van der Waals surface area (Å²) in [6.45, 7) is 2.52. The molecular weight excluding hydrogens is 523 g/mol. The minimum absolute atomic E-state index is 0.218. The number of carbonyl (C=O) groups excluding carboxylic acids is 2. The van der Waals surface area contributed by atoms with Crippen molar-refractivity contribution in [3.63, 3.8) is 0 Å². The van der Waals surface area contributed by atoms with Gasteiger partial charge in [-0.2, -0.15) is 0 Å². The highest BCUT2D eigenvalue weighted by atomic mass is 35.5. The van der Waals surface area contributed by atoms with Gasteiger partial charge in [0.2, 0.25) is 0 Å². The molecule has 0 aliphatic carbocycles. The number of halogens is 2. The van der Waals surface area contributed by atoms with Crippen LogP contribution in [0.3, 0.4) is 0 Å². The number of rotatable bonds is 5. The molecule has 4 aromatic rings. The van der Waals surface area contributed by atoms with Gasteiger partial charge in [0.15, 0.2) is 5.13 Å². The third kappa shape index (κ3) is 4.62. The van der Waals surface area contributed by atoms with E-state index in [4.69, 9.17) is 27.9 Å². The van der Waals surface area contributed by atoms with Crippen LogP contribution in [0, 0.1) is 6.92 Å². The van der Waals surface area contributed by atoms with Crippen LogP contribution in [0.15, 0.2) is 43.0 Å². The van der Waals surface area contributed by atoms with E-state index < -0.39 is 0 Å². The van der Waals surface area contributed by atoms with Crippen LogP contribution < -0.4 is 10.1 Å². The summed E-state index contributed by atoms with van der Waals surface area (Å²) in [5.74, 6) is -0.120. The van der Waals surface area contributed by atoms with Crippen LogP contribution in [0.2, 0.25) is 10.2 Å². The van der Waals surface area contributed by atoms with E-state index in [-0.39, 0.29) is 17.0 Å². The number of aryl methyl sites for hydroxylation is 1. The van der Waals surface area contributed by atoms with Crippen molar-refractivity contribution in [2.24, 2.45) is 0 Å². The van der Waals surface area contributed by atoms with Crippen LogP contribution >= 0.6 is 34.5 Å². The first-order chi connectivity index (χ1) is 17.3. The molecule has 1 N–H and O–H groups in total. The Hall–Kier alpha value is -3.60. The molecule has 9 nitrogen and oxygen atoms in total. The van der Waals surface area contributed by atoms with Crippen LogP contribution in [0.4, 0.5) is 5.13 Å². The molecule has 5 rings (SSSR count). The third-order valence-electron chi connectivity index (χ3n) is 5.59. The molecule has 12 heteroatoms. The van der Waals surface area contributed by atoms with Crippen molar-refractivity contribution >= 4 is 51.5 Å². The SMILES string of the molecule is COc1cnc(Cl)cc1-c1cc(C)ncc1C(=O)Nc1nc2c(s1)CN(C(=O)c1cnccc1Cl)C2. The minimum Gasteiger partial charge on any atom is -0.494 e. The lowest BCUT2D eigenvalue weighted by Gasteiger charge is -2.16. The Morgan fingerprint density at radius 3 is 2.67 bits per heavy atom.